The number of benzene rings is 1. The van der Waals surface area contributed by atoms with E-state index in [4.69, 9.17) is 0 Å². The van der Waals surface area contributed by atoms with Gasteiger partial charge in [0.2, 0.25) is 0 Å². The van der Waals surface area contributed by atoms with Crippen LogP contribution in [0.5, 0.6) is 0 Å². The molecule has 1 N–H and O–H groups in total. The third kappa shape index (κ3) is 3.98. The van der Waals surface area contributed by atoms with Crippen LogP contribution in [0.15, 0.2) is 24.3 Å². The molecular formula is C15H22F2N2. The minimum Gasteiger partial charge on any atom is -0.314 e. The molecule has 0 aromatic heterocycles. The van der Waals surface area contributed by atoms with Crippen LogP contribution in [-0.2, 0) is 12.3 Å². The molecule has 0 amide bonds. The Bertz CT molecular complexity index is 392. The van der Waals surface area contributed by atoms with E-state index in [0.717, 1.165) is 45.1 Å². The first-order chi connectivity index (χ1) is 8.97. The first-order valence-electron chi connectivity index (χ1n) is 6.89. The molecule has 0 aliphatic carbocycles. The molecule has 2 rings (SSSR count). The average molecular weight is 268 g/mol. The van der Waals surface area contributed by atoms with Gasteiger partial charge in [-0.05, 0) is 18.9 Å². The van der Waals surface area contributed by atoms with Crippen LogP contribution in [0.4, 0.5) is 8.78 Å². The zero-order valence-corrected chi connectivity index (χ0v) is 11.6. The summed E-state index contributed by atoms with van der Waals surface area (Å²) in [5.74, 6) is -2.75. The van der Waals surface area contributed by atoms with Crippen LogP contribution in [0.25, 0.3) is 0 Å². The number of nitrogens with zero attached hydrogens (tertiary/aromatic N) is 1. The third-order valence-electron chi connectivity index (χ3n) is 3.77. The van der Waals surface area contributed by atoms with Crippen LogP contribution >= 0.6 is 0 Å². The van der Waals surface area contributed by atoms with Gasteiger partial charge < -0.3 is 5.32 Å². The summed E-state index contributed by atoms with van der Waals surface area (Å²) in [7, 11) is 0. The summed E-state index contributed by atoms with van der Waals surface area (Å²) >= 11 is 0. The van der Waals surface area contributed by atoms with E-state index >= 15 is 0 Å². The minimum absolute atomic E-state index is 0.0890. The van der Waals surface area contributed by atoms with E-state index < -0.39 is 5.92 Å². The van der Waals surface area contributed by atoms with Crippen molar-refractivity contribution in [3.63, 3.8) is 0 Å². The van der Waals surface area contributed by atoms with E-state index in [1.807, 2.05) is 12.1 Å². The first kappa shape index (κ1) is 14.4. The Labute approximate surface area is 113 Å². The number of piperazine rings is 1. The van der Waals surface area contributed by atoms with Gasteiger partial charge in [0.1, 0.15) is 0 Å². The highest BCUT2D eigenvalue weighted by Crippen LogP contribution is 2.27. The Hall–Kier alpha value is -1.00. The zero-order valence-electron chi connectivity index (χ0n) is 11.6. The Morgan fingerprint density at radius 3 is 2.32 bits per heavy atom. The number of nitrogens with one attached hydrogen (secondary N) is 1. The van der Waals surface area contributed by atoms with E-state index in [-0.39, 0.29) is 5.56 Å². The van der Waals surface area contributed by atoms with Gasteiger partial charge in [0.05, 0.1) is 0 Å². The van der Waals surface area contributed by atoms with Crippen molar-refractivity contribution in [2.24, 2.45) is 0 Å². The molecule has 1 unspecified atom stereocenters. The molecule has 1 aliphatic rings. The van der Waals surface area contributed by atoms with E-state index in [9.17, 15) is 8.78 Å². The fourth-order valence-corrected chi connectivity index (χ4v) is 2.53. The molecule has 1 aliphatic heterocycles. The lowest BCUT2D eigenvalue weighted by Gasteiger charge is -2.32. The number of alkyl halides is 2. The Morgan fingerprint density at radius 2 is 1.79 bits per heavy atom. The molecule has 1 fully saturated rings. The van der Waals surface area contributed by atoms with Gasteiger partial charge in [0.15, 0.2) is 0 Å². The first-order valence-corrected chi connectivity index (χ1v) is 6.89. The molecule has 1 saturated heterocycles. The van der Waals surface area contributed by atoms with E-state index in [2.05, 4.69) is 17.1 Å². The molecule has 0 radical (unpaired) electrons. The molecule has 0 saturated carbocycles. The molecule has 0 bridgehead atoms. The van der Waals surface area contributed by atoms with Gasteiger partial charge in [-0.3, -0.25) is 4.90 Å². The predicted octanol–water partition coefficient (Wildman–Crippen LogP) is 2.63. The van der Waals surface area contributed by atoms with Crippen molar-refractivity contribution >= 4 is 0 Å². The number of rotatable bonds is 4. The molecule has 1 atom stereocenters. The Morgan fingerprint density at radius 1 is 1.21 bits per heavy atom. The van der Waals surface area contributed by atoms with Gasteiger partial charge in [-0.25, -0.2) is 8.78 Å². The lowest BCUT2D eigenvalue weighted by atomic mass is 10.0. The second kappa shape index (κ2) is 5.97. The maximum Gasteiger partial charge on any atom is 0.270 e. The molecule has 0 spiro atoms. The van der Waals surface area contributed by atoms with Crippen LogP contribution in [0.3, 0.4) is 0 Å². The summed E-state index contributed by atoms with van der Waals surface area (Å²) in [5, 5.41) is 3.33. The number of halogens is 2. The highest BCUT2D eigenvalue weighted by atomic mass is 19.3. The topological polar surface area (TPSA) is 15.3 Å². The van der Waals surface area contributed by atoms with Crippen molar-refractivity contribution in [2.75, 3.05) is 26.2 Å². The molecule has 1 aromatic rings. The normalized spacial score (nSPS) is 19.4. The van der Waals surface area contributed by atoms with Crippen molar-refractivity contribution in [3.8, 4) is 0 Å². The zero-order chi connectivity index (χ0) is 13.9. The predicted molar refractivity (Wildman–Crippen MR) is 73.6 cm³/mol. The van der Waals surface area contributed by atoms with Crippen LogP contribution in [-0.4, -0.2) is 37.1 Å². The standard InChI is InChI=1S/C15H22F2N2/c1-12(19-9-7-18-8-10-19)11-13-3-5-14(6-4-13)15(2,16)17/h3-6,12,18H,7-11H2,1-2H3. The quantitative estimate of drug-likeness (QED) is 0.903. The van der Waals surface area contributed by atoms with Crippen molar-refractivity contribution in [1.82, 2.24) is 10.2 Å². The maximum atomic E-state index is 13.1. The molecule has 4 heteroatoms. The molecule has 2 nitrogen and oxygen atoms in total. The molecule has 106 valence electrons. The summed E-state index contributed by atoms with van der Waals surface area (Å²) in [6.45, 7) is 7.33. The second-order valence-corrected chi connectivity index (χ2v) is 5.42. The van der Waals surface area contributed by atoms with Crippen LogP contribution in [0.1, 0.15) is 25.0 Å². The van der Waals surface area contributed by atoms with Crippen molar-refractivity contribution < 1.29 is 8.78 Å². The fourth-order valence-electron chi connectivity index (χ4n) is 2.53. The Kier molecular flexibility index (Phi) is 4.53. The Balaban J connectivity index is 1.95. The molecular weight excluding hydrogens is 246 g/mol. The maximum absolute atomic E-state index is 13.1. The summed E-state index contributed by atoms with van der Waals surface area (Å²) in [4.78, 5) is 2.44. The van der Waals surface area contributed by atoms with Crippen molar-refractivity contribution in [3.05, 3.63) is 35.4 Å². The smallest absolute Gasteiger partial charge is 0.270 e. The van der Waals surface area contributed by atoms with Gasteiger partial charge in [-0.2, -0.15) is 0 Å². The highest BCUT2D eigenvalue weighted by molar-refractivity contribution is 5.25. The minimum atomic E-state index is -2.75. The SMILES string of the molecule is CC(Cc1ccc(C(C)(F)F)cc1)N1CCNCC1. The summed E-state index contributed by atoms with van der Waals surface area (Å²) in [5.41, 5.74) is 1.21. The van der Waals surface area contributed by atoms with Crippen LogP contribution in [0, 0.1) is 0 Å². The van der Waals surface area contributed by atoms with Gasteiger partial charge in [0.25, 0.3) is 5.92 Å². The van der Waals surface area contributed by atoms with E-state index in [0.29, 0.717) is 6.04 Å². The second-order valence-electron chi connectivity index (χ2n) is 5.42. The summed E-state index contributed by atoms with van der Waals surface area (Å²) in [6, 6.07) is 7.19. The van der Waals surface area contributed by atoms with Gasteiger partial charge >= 0.3 is 0 Å². The lowest BCUT2D eigenvalue weighted by molar-refractivity contribution is 0.0174. The largest absolute Gasteiger partial charge is 0.314 e. The third-order valence-corrected chi connectivity index (χ3v) is 3.77. The monoisotopic (exact) mass is 268 g/mol. The summed E-state index contributed by atoms with van der Waals surface area (Å²) < 4.78 is 26.2. The van der Waals surface area contributed by atoms with Crippen molar-refractivity contribution in [1.29, 1.82) is 0 Å². The summed E-state index contributed by atoms with van der Waals surface area (Å²) in [6.07, 6.45) is 0.912. The lowest BCUT2D eigenvalue weighted by Crippen LogP contribution is -2.48. The number of hydrogen-bond acceptors (Lipinski definition) is 2. The van der Waals surface area contributed by atoms with Crippen LogP contribution in [0.2, 0.25) is 0 Å². The molecule has 1 heterocycles. The highest BCUT2D eigenvalue weighted by Gasteiger charge is 2.24. The van der Waals surface area contributed by atoms with Crippen LogP contribution < -0.4 is 5.32 Å². The van der Waals surface area contributed by atoms with E-state index in [1.54, 1.807) is 12.1 Å². The number of hydrogen-bond donors (Lipinski definition) is 1. The van der Waals surface area contributed by atoms with Crippen molar-refractivity contribution in [2.45, 2.75) is 32.2 Å². The average Bonchev–Trinajstić information content (AvgIpc) is 2.39. The molecule has 1 aromatic carbocycles. The van der Waals surface area contributed by atoms with Gasteiger partial charge in [-0.15, -0.1) is 0 Å². The fraction of sp³-hybridized carbons (Fsp3) is 0.600. The van der Waals surface area contributed by atoms with Gasteiger partial charge in [0, 0.05) is 44.7 Å². The van der Waals surface area contributed by atoms with Gasteiger partial charge in [-0.1, -0.05) is 24.3 Å². The van der Waals surface area contributed by atoms with E-state index in [1.165, 1.54) is 0 Å². The molecule has 19 heavy (non-hydrogen) atoms.